The van der Waals surface area contributed by atoms with E-state index in [0.717, 1.165) is 9.87 Å². The lowest BCUT2D eigenvalue weighted by Gasteiger charge is -2.23. The molecule has 10 heteroatoms. The van der Waals surface area contributed by atoms with Crippen LogP contribution in [-0.2, 0) is 21.9 Å². The van der Waals surface area contributed by atoms with Crippen LogP contribution >= 0.6 is 11.6 Å². The van der Waals surface area contributed by atoms with Crippen LogP contribution in [0.2, 0.25) is 5.02 Å². The standard InChI is InChI=1S/C24H21ClN4O4S/c1-16-7-13-19(14-8-16)34(32,33)29(18-11-9-17(25)10-12-18)15-22(30)26-27-23-20-5-3-4-6-21(20)28(2)24(23)31/h3-14,31H,15H2,1-2H3. The van der Waals surface area contributed by atoms with Crippen molar-refractivity contribution in [2.75, 3.05) is 10.8 Å². The monoisotopic (exact) mass is 496 g/mol. The van der Waals surface area contributed by atoms with Gasteiger partial charge < -0.3 is 9.67 Å². The third-order valence-electron chi connectivity index (χ3n) is 5.31. The highest BCUT2D eigenvalue weighted by Gasteiger charge is 2.27. The van der Waals surface area contributed by atoms with Crippen molar-refractivity contribution in [3.8, 4) is 5.88 Å². The van der Waals surface area contributed by atoms with Gasteiger partial charge in [0.2, 0.25) is 5.88 Å². The van der Waals surface area contributed by atoms with E-state index in [-0.39, 0.29) is 22.2 Å². The van der Waals surface area contributed by atoms with Gasteiger partial charge in [0.05, 0.1) is 16.1 Å². The Balaban J connectivity index is 1.68. The van der Waals surface area contributed by atoms with E-state index in [9.17, 15) is 18.3 Å². The number of fused-ring (bicyclic) bond motifs is 1. The molecular weight excluding hydrogens is 476 g/mol. The van der Waals surface area contributed by atoms with E-state index in [4.69, 9.17) is 11.6 Å². The van der Waals surface area contributed by atoms with Crippen molar-refractivity contribution in [2.45, 2.75) is 11.8 Å². The van der Waals surface area contributed by atoms with E-state index in [0.29, 0.717) is 15.9 Å². The number of hydrogen-bond acceptors (Lipinski definition) is 5. The Morgan fingerprint density at radius 2 is 1.68 bits per heavy atom. The van der Waals surface area contributed by atoms with Crippen molar-refractivity contribution in [3.63, 3.8) is 0 Å². The summed E-state index contributed by atoms with van der Waals surface area (Å²) < 4.78 is 29.3. The van der Waals surface area contributed by atoms with Crippen LogP contribution in [-0.4, -0.2) is 30.5 Å². The number of aromatic nitrogens is 1. The molecule has 8 nitrogen and oxygen atoms in total. The lowest BCUT2D eigenvalue weighted by molar-refractivity contribution is -0.116. The van der Waals surface area contributed by atoms with Crippen molar-refractivity contribution in [3.05, 3.63) is 83.4 Å². The Bertz CT molecular complexity index is 1490. The summed E-state index contributed by atoms with van der Waals surface area (Å²) >= 11 is 5.96. The molecule has 0 saturated heterocycles. The van der Waals surface area contributed by atoms with E-state index in [1.165, 1.54) is 41.0 Å². The Labute approximate surface area is 201 Å². The van der Waals surface area contributed by atoms with Crippen LogP contribution < -0.4 is 4.31 Å². The highest BCUT2D eigenvalue weighted by Crippen LogP contribution is 2.37. The molecule has 4 aromatic rings. The smallest absolute Gasteiger partial charge is 0.285 e. The van der Waals surface area contributed by atoms with Crippen LogP contribution in [0.15, 0.2) is 87.9 Å². The van der Waals surface area contributed by atoms with Gasteiger partial charge in [-0.05, 0) is 49.4 Å². The molecule has 1 aromatic heterocycles. The lowest BCUT2D eigenvalue weighted by Crippen LogP contribution is -2.35. The van der Waals surface area contributed by atoms with Gasteiger partial charge in [-0.3, -0.25) is 9.10 Å². The second-order valence-electron chi connectivity index (χ2n) is 7.64. The van der Waals surface area contributed by atoms with Crippen molar-refractivity contribution in [2.24, 2.45) is 17.3 Å². The summed E-state index contributed by atoms with van der Waals surface area (Å²) in [6.07, 6.45) is 0. The number of anilines is 1. The van der Waals surface area contributed by atoms with Gasteiger partial charge in [-0.25, -0.2) is 8.42 Å². The lowest BCUT2D eigenvalue weighted by atomic mass is 10.2. The van der Waals surface area contributed by atoms with Gasteiger partial charge >= 0.3 is 0 Å². The van der Waals surface area contributed by atoms with Crippen LogP contribution in [0.4, 0.5) is 11.4 Å². The van der Waals surface area contributed by atoms with Gasteiger partial charge in [0.15, 0.2) is 5.69 Å². The number of nitrogens with zero attached hydrogens (tertiary/aromatic N) is 4. The number of halogens is 1. The van der Waals surface area contributed by atoms with Gasteiger partial charge in [-0.1, -0.05) is 47.5 Å². The average Bonchev–Trinajstić information content (AvgIpc) is 3.07. The van der Waals surface area contributed by atoms with Gasteiger partial charge in [0.25, 0.3) is 15.9 Å². The van der Waals surface area contributed by atoms with E-state index >= 15 is 0 Å². The largest absolute Gasteiger partial charge is 0.493 e. The average molecular weight is 497 g/mol. The number of carbonyl (C=O) groups excluding carboxylic acids is 1. The maximum absolute atomic E-state index is 13.4. The third kappa shape index (κ3) is 4.52. The minimum Gasteiger partial charge on any atom is -0.493 e. The van der Waals surface area contributed by atoms with Crippen molar-refractivity contribution in [1.82, 2.24) is 4.57 Å². The molecule has 0 unspecified atom stereocenters. The van der Waals surface area contributed by atoms with Gasteiger partial charge in [-0.2, -0.15) is 0 Å². The van der Waals surface area contributed by atoms with Crippen LogP contribution in [0.5, 0.6) is 5.88 Å². The number of benzene rings is 3. The normalized spacial score (nSPS) is 11.9. The number of aromatic hydroxyl groups is 1. The van der Waals surface area contributed by atoms with Crippen molar-refractivity contribution in [1.29, 1.82) is 0 Å². The SMILES string of the molecule is Cc1ccc(S(=O)(=O)N(CC(=O)N=Nc2c(O)n(C)c3ccccc23)c2ccc(Cl)cc2)cc1. The quantitative estimate of drug-likeness (QED) is 0.363. The molecule has 0 bridgehead atoms. The van der Waals surface area contributed by atoms with Crippen molar-refractivity contribution < 1.29 is 18.3 Å². The first-order chi connectivity index (χ1) is 16.2. The van der Waals surface area contributed by atoms with Crippen LogP contribution in [0, 0.1) is 6.92 Å². The molecule has 1 heterocycles. The molecule has 1 N–H and O–H groups in total. The topological polar surface area (TPSA) is 104 Å². The highest BCUT2D eigenvalue weighted by molar-refractivity contribution is 7.92. The number of hydrogen-bond donors (Lipinski definition) is 1. The number of azo groups is 1. The van der Waals surface area contributed by atoms with Gasteiger partial charge in [0.1, 0.15) is 6.54 Å². The van der Waals surface area contributed by atoms with Crippen LogP contribution in [0.1, 0.15) is 5.56 Å². The molecule has 0 atom stereocenters. The predicted octanol–water partition coefficient (Wildman–Crippen LogP) is 5.35. The number of rotatable bonds is 6. The zero-order valence-electron chi connectivity index (χ0n) is 18.4. The third-order valence-corrected chi connectivity index (χ3v) is 7.35. The van der Waals surface area contributed by atoms with E-state index in [2.05, 4.69) is 10.2 Å². The fourth-order valence-corrected chi connectivity index (χ4v) is 5.02. The summed E-state index contributed by atoms with van der Waals surface area (Å²) in [6.45, 7) is 1.26. The molecule has 34 heavy (non-hydrogen) atoms. The summed E-state index contributed by atoms with van der Waals surface area (Å²) in [6, 6.07) is 19.5. The van der Waals surface area contributed by atoms with Crippen molar-refractivity contribution >= 4 is 49.8 Å². The summed E-state index contributed by atoms with van der Waals surface area (Å²) in [5.74, 6) is -0.961. The molecule has 174 valence electrons. The maximum atomic E-state index is 13.4. The first-order valence-electron chi connectivity index (χ1n) is 10.2. The van der Waals surface area contributed by atoms with E-state index < -0.39 is 22.5 Å². The minimum atomic E-state index is -4.09. The number of aryl methyl sites for hydroxylation is 2. The molecule has 1 amide bonds. The first-order valence-corrected chi connectivity index (χ1v) is 12.1. The van der Waals surface area contributed by atoms with Gasteiger partial charge in [0, 0.05) is 17.5 Å². The number of amides is 1. The summed E-state index contributed by atoms with van der Waals surface area (Å²) in [7, 11) is -2.42. The second-order valence-corrected chi connectivity index (χ2v) is 9.94. The minimum absolute atomic E-state index is 0.0319. The second kappa shape index (κ2) is 9.28. The summed E-state index contributed by atoms with van der Waals surface area (Å²) in [5.41, 5.74) is 2.00. The molecule has 0 aliphatic rings. The highest BCUT2D eigenvalue weighted by atomic mass is 35.5. The first kappa shape index (κ1) is 23.5. The van der Waals surface area contributed by atoms with Crippen LogP contribution in [0.25, 0.3) is 10.9 Å². The fourth-order valence-electron chi connectivity index (χ4n) is 3.48. The molecule has 0 saturated carbocycles. The molecule has 3 aromatic carbocycles. The summed E-state index contributed by atoms with van der Waals surface area (Å²) in [4.78, 5) is 12.8. The maximum Gasteiger partial charge on any atom is 0.285 e. The van der Waals surface area contributed by atoms with Crippen LogP contribution in [0.3, 0.4) is 0 Å². The number of carbonyl (C=O) groups is 1. The molecule has 0 fully saturated rings. The summed E-state index contributed by atoms with van der Waals surface area (Å²) in [5, 5.41) is 19.1. The molecule has 0 aliphatic heterocycles. The Morgan fingerprint density at radius 3 is 2.35 bits per heavy atom. The molecule has 0 spiro atoms. The van der Waals surface area contributed by atoms with E-state index in [1.807, 2.05) is 13.0 Å². The van der Waals surface area contributed by atoms with E-state index in [1.54, 1.807) is 37.4 Å². The number of para-hydroxylation sites is 1. The molecule has 4 rings (SSSR count). The molecular formula is C24H21ClN4O4S. The molecule has 0 aliphatic carbocycles. The predicted molar refractivity (Wildman–Crippen MR) is 131 cm³/mol. The Morgan fingerprint density at radius 1 is 1.03 bits per heavy atom. The van der Waals surface area contributed by atoms with Gasteiger partial charge in [-0.15, -0.1) is 10.2 Å². The zero-order valence-corrected chi connectivity index (χ0v) is 20.0. The zero-order chi connectivity index (χ0) is 24.5. The molecule has 0 radical (unpaired) electrons. The Hall–Kier alpha value is -3.69. The Kier molecular flexibility index (Phi) is 6.41. The number of sulfonamides is 1. The fraction of sp³-hybridized carbons (Fsp3) is 0.125.